The lowest BCUT2D eigenvalue weighted by molar-refractivity contribution is -0.145. The van der Waals surface area contributed by atoms with Crippen molar-refractivity contribution < 1.29 is 23.4 Å². The molecule has 6 nitrogen and oxygen atoms in total. The highest BCUT2D eigenvalue weighted by molar-refractivity contribution is 7.90. The Balaban J connectivity index is 2.88. The Morgan fingerprint density at radius 2 is 1.85 bits per heavy atom. The number of carboxylic acids is 1. The van der Waals surface area contributed by atoms with Crippen LogP contribution in [0, 0.1) is 0 Å². The lowest BCUT2D eigenvalue weighted by atomic mass is 10.1. The average molecular weight is 301 g/mol. The summed E-state index contributed by atoms with van der Waals surface area (Å²) in [5, 5.41) is 18.1. The molecule has 7 heteroatoms. The molecule has 0 saturated carbocycles. The van der Waals surface area contributed by atoms with Crippen LogP contribution < -0.4 is 0 Å². The van der Waals surface area contributed by atoms with E-state index >= 15 is 0 Å². The van der Waals surface area contributed by atoms with Gasteiger partial charge in [-0.3, -0.25) is 9.69 Å². The number of aliphatic hydroxyl groups excluding tert-OH is 1. The van der Waals surface area contributed by atoms with Gasteiger partial charge in [0.15, 0.2) is 9.84 Å². The highest BCUT2D eigenvalue weighted by Crippen LogP contribution is 2.13. The summed E-state index contributed by atoms with van der Waals surface area (Å²) in [6.45, 7) is 2.13. The van der Waals surface area contributed by atoms with Crippen molar-refractivity contribution in [1.82, 2.24) is 4.90 Å². The number of hydrogen-bond donors (Lipinski definition) is 2. The van der Waals surface area contributed by atoms with Gasteiger partial charge >= 0.3 is 5.97 Å². The topological polar surface area (TPSA) is 94.9 Å². The van der Waals surface area contributed by atoms with E-state index in [4.69, 9.17) is 10.2 Å². The van der Waals surface area contributed by atoms with Gasteiger partial charge in [-0.1, -0.05) is 19.1 Å². The lowest BCUT2D eigenvalue weighted by Crippen LogP contribution is -2.43. The summed E-state index contributed by atoms with van der Waals surface area (Å²) < 4.78 is 22.7. The molecule has 0 aliphatic heterocycles. The zero-order chi connectivity index (χ0) is 15.3. The molecule has 1 aromatic rings. The monoisotopic (exact) mass is 301 g/mol. The summed E-state index contributed by atoms with van der Waals surface area (Å²) in [5.41, 5.74) is 0.791. The normalized spacial score (nSPS) is 13.4. The first-order chi connectivity index (χ1) is 9.29. The van der Waals surface area contributed by atoms with E-state index in [-0.39, 0.29) is 4.90 Å². The van der Waals surface area contributed by atoms with E-state index in [0.717, 1.165) is 11.8 Å². The minimum Gasteiger partial charge on any atom is -0.480 e. The van der Waals surface area contributed by atoms with Crippen LogP contribution in [-0.4, -0.2) is 54.9 Å². The molecule has 0 aliphatic carbocycles. The molecule has 112 valence electrons. The van der Waals surface area contributed by atoms with Crippen LogP contribution >= 0.6 is 0 Å². The molecule has 1 aromatic carbocycles. The fourth-order valence-corrected chi connectivity index (χ4v) is 2.50. The maximum Gasteiger partial charge on any atom is 0.323 e. The van der Waals surface area contributed by atoms with Crippen LogP contribution in [0.3, 0.4) is 0 Å². The van der Waals surface area contributed by atoms with Crippen molar-refractivity contribution in [1.29, 1.82) is 0 Å². The number of carboxylic acid groups (broad SMARTS) is 1. The SMILES string of the molecule is CCN(Cc1ccc(S(C)(=O)=O)cc1)C(CO)C(=O)O. The third kappa shape index (κ3) is 4.29. The molecule has 0 spiro atoms. The van der Waals surface area contributed by atoms with E-state index in [1.165, 1.54) is 12.1 Å². The molecule has 2 N–H and O–H groups in total. The molecule has 0 radical (unpaired) electrons. The van der Waals surface area contributed by atoms with Crippen LogP contribution in [0.2, 0.25) is 0 Å². The number of aliphatic hydroxyl groups is 1. The van der Waals surface area contributed by atoms with Gasteiger partial charge in [0, 0.05) is 12.8 Å². The number of likely N-dealkylation sites (N-methyl/N-ethyl adjacent to an activating group) is 1. The minimum absolute atomic E-state index is 0.223. The van der Waals surface area contributed by atoms with Crippen molar-refractivity contribution in [2.75, 3.05) is 19.4 Å². The first-order valence-electron chi connectivity index (χ1n) is 6.16. The third-order valence-corrected chi connectivity index (χ3v) is 4.17. The van der Waals surface area contributed by atoms with E-state index in [9.17, 15) is 13.2 Å². The van der Waals surface area contributed by atoms with Gasteiger partial charge in [0.1, 0.15) is 6.04 Å². The first kappa shape index (κ1) is 16.6. The van der Waals surface area contributed by atoms with Crippen molar-refractivity contribution in [3.63, 3.8) is 0 Å². The zero-order valence-electron chi connectivity index (χ0n) is 11.5. The van der Waals surface area contributed by atoms with Crippen molar-refractivity contribution in [3.05, 3.63) is 29.8 Å². The summed E-state index contributed by atoms with van der Waals surface area (Å²) in [5.74, 6) is -1.08. The predicted molar refractivity (Wildman–Crippen MR) is 74.1 cm³/mol. The molecule has 1 rings (SSSR count). The average Bonchev–Trinajstić information content (AvgIpc) is 2.37. The minimum atomic E-state index is -3.24. The molecule has 0 heterocycles. The molecular formula is C13H19NO5S. The van der Waals surface area contributed by atoms with Crippen LogP contribution in [-0.2, 0) is 21.2 Å². The summed E-state index contributed by atoms with van der Waals surface area (Å²) in [4.78, 5) is 12.9. The van der Waals surface area contributed by atoms with Crippen LogP contribution in [0.4, 0.5) is 0 Å². The number of rotatable bonds is 7. The van der Waals surface area contributed by atoms with E-state index in [1.54, 1.807) is 24.0 Å². The van der Waals surface area contributed by atoms with Crippen LogP contribution in [0.1, 0.15) is 12.5 Å². The molecular weight excluding hydrogens is 282 g/mol. The summed E-state index contributed by atoms with van der Waals surface area (Å²) >= 11 is 0. The number of nitrogens with zero attached hydrogens (tertiary/aromatic N) is 1. The maximum absolute atomic E-state index is 11.3. The van der Waals surface area contributed by atoms with Crippen molar-refractivity contribution >= 4 is 15.8 Å². The van der Waals surface area contributed by atoms with Gasteiger partial charge in [-0.15, -0.1) is 0 Å². The largest absolute Gasteiger partial charge is 0.480 e. The van der Waals surface area contributed by atoms with E-state index < -0.39 is 28.5 Å². The molecule has 1 unspecified atom stereocenters. The van der Waals surface area contributed by atoms with Gasteiger partial charge < -0.3 is 10.2 Å². The molecule has 0 saturated heterocycles. The molecule has 0 fully saturated rings. The second-order valence-corrected chi connectivity index (χ2v) is 6.53. The number of sulfone groups is 1. The fourth-order valence-electron chi connectivity index (χ4n) is 1.87. The first-order valence-corrected chi connectivity index (χ1v) is 8.05. The Hall–Kier alpha value is -1.44. The summed E-state index contributed by atoms with van der Waals surface area (Å²) in [7, 11) is -3.24. The fraction of sp³-hybridized carbons (Fsp3) is 0.462. The Bertz CT molecular complexity index is 553. The predicted octanol–water partition coefficient (Wildman–Crippen LogP) is 0.357. The van der Waals surface area contributed by atoms with Gasteiger partial charge in [0.2, 0.25) is 0 Å². The maximum atomic E-state index is 11.3. The molecule has 0 aromatic heterocycles. The van der Waals surface area contributed by atoms with Crippen molar-refractivity contribution in [3.8, 4) is 0 Å². The van der Waals surface area contributed by atoms with Gasteiger partial charge in [-0.05, 0) is 24.2 Å². The Morgan fingerprint density at radius 3 is 2.20 bits per heavy atom. The lowest BCUT2D eigenvalue weighted by Gasteiger charge is -2.26. The van der Waals surface area contributed by atoms with Crippen molar-refractivity contribution in [2.45, 2.75) is 24.4 Å². The Morgan fingerprint density at radius 1 is 1.30 bits per heavy atom. The van der Waals surface area contributed by atoms with Gasteiger partial charge in [-0.2, -0.15) is 0 Å². The van der Waals surface area contributed by atoms with E-state index in [2.05, 4.69) is 0 Å². The number of carbonyl (C=O) groups is 1. The summed E-state index contributed by atoms with van der Waals surface area (Å²) in [6, 6.07) is 5.32. The van der Waals surface area contributed by atoms with Crippen molar-refractivity contribution in [2.24, 2.45) is 0 Å². The third-order valence-electron chi connectivity index (χ3n) is 3.04. The zero-order valence-corrected chi connectivity index (χ0v) is 12.3. The van der Waals surface area contributed by atoms with Crippen LogP contribution in [0.5, 0.6) is 0 Å². The highest BCUT2D eigenvalue weighted by Gasteiger charge is 2.23. The van der Waals surface area contributed by atoms with E-state index in [0.29, 0.717) is 13.1 Å². The number of aliphatic carboxylic acids is 1. The molecule has 1 atom stereocenters. The van der Waals surface area contributed by atoms with E-state index in [1.807, 2.05) is 0 Å². The smallest absolute Gasteiger partial charge is 0.323 e. The molecule has 0 amide bonds. The molecule has 20 heavy (non-hydrogen) atoms. The van der Waals surface area contributed by atoms with Gasteiger partial charge in [-0.25, -0.2) is 8.42 Å². The second kappa shape index (κ2) is 6.83. The number of hydrogen-bond acceptors (Lipinski definition) is 5. The quantitative estimate of drug-likeness (QED) is 0.755. The van der Waals surface area contributed by atoms with Gasteiger partial charge in [0.05, 0.1) is 11.5 Å². The highest BCUT2D eigenvalue weighted by atomic mass is 32.2. The number of benzene rings is 1. The molecule has 0 bridgehead atoms. The summed E-state index contributed by atoms with van der Waals surface area (Å²) in [6.07, 6.45) is 1.13. The standard InChI is InChI=1S/C13H19NO5S/c1-3-14(12(9-15)13(16)17)8-10-4-6-11(7-5-10)20(2,18)19/h4-7,12,15H,3,8-9H2,1-2H3,(H,16,17). The Kier molecular flexibility index (Phi) is 5.67. The van der Waals surface area contributed by atoms with Crippen LogP contribution in [0.25, 0.3) is 0 Å². The van der Waals surface area contributed by atoms with Gasteiger partial charge in [0.25, 0.3) is 0 Å². The molecule has 0 aliphatic rings. The van der Waals surface area contributed by atoms with Crippen LogP contribution in [0.15, 0.2) is 29.2 Å². The second-order valence-electron chi connectivity index (χ2n) is 4.52. The Labute approximate surface area is 118 Å².